The van der Waals surface area contributed by atoms with Gasteiger partial charge < -0.3 is 5.32 Å². The van der Waals surface area contributed by atoms with Crippen LogP contribution in [0.3, 0.4) is 0 Å². The van der Waals surface area contributed by atoms with Gasteiger partial charge >= 0.3 is 0 Å². The lowest BCUT2D eigenvalue weighted by atomic mass is 10.1. The zero-order chi connectivity index (χ0) is 17.9. The van der Waals surface area contributed by atoms with Crippen molar-refractivity contribution in [2.45, 2.75) is 17.7 Å². The van der Waals surface area contributed by atoms with Gasteiger partial charge in [-0.05, 0) is 36.2 Å². The Morgan fingerprint density at radius 1 is 1.00 bits per heavy atom. The van der Waals surface area contributed by atoms with E-state index in [0.717, 1.165) is 5.56 Å². The smallest absolute Gasteiger partial charge is 0.238 e. The molecular formula is C15H13Cl3N2O3S. The van der Waals surface area contributed by atoms with E-state index < -0.39 is 10.0 Å². The number of sulfonamides is 1. The molecule has 0 aliphatic carbocycles. The fourth-order valence-corrected chi connectivity index (χ4v) is 3.04. The van der Waals surface area contributed by atoms with Gasteiger partial charge in [-0.25, -0.2) is 13.6 Å². The average molecular weight is 408 g/mol. The Bertz CT molecular complexity index is 868. The highest BCUT2D eigenvalue weighted by Crippen LogP contribution is 2.32. The lowest BCUT2D eigenvalue weighted by Gasteiger charge is -2.09. The zero-order valence-electron chi connectivity index (χ0n) is 12.2. The minimum Gasteiger partial charge on any atom is -0.325 e. The Kier molecular flexibility index (Phi) is 6.11. The molecule has 0 atom stereocenters. The Labute approximate surface area is 154 Å². The van der Waals surface area contributed by atoms with Gasteiger partial charge in [0.25, 0.3) is 0 Å². The van der Waals surface area contributed by atoms with E-state index in [9.17, 15) is 13.2 Å². The number of carbonyl (C=O) groups excluding carboxylic acids is 1. The summed E-state index contributed by atoms with van der Waals surface area (Å²) in [6.45, 7) is 0. The molecule has 0 aliphatic rings. The number of rotatable bonds is 5. The van der Waals surface area contributed by atoms with Crippen molar-refractivity contribution >= 4 is 56.4 Å². The number of hydrogen-bond donors (Lipinski definition) is 2. The second-order valence-corrected chi connectivity index (χ2v) is 7.77. The number of primary sulfonamides is 1. The fourth-order valence-electron chi connectivity index (χ4n) is 1.93. The van der Waals surface area contributed by atoms with Crippen LogP contribution in [0.4, 0.5) is 5.69 Å². The molecular weight excluding hydrogens is 395 g/mol. The number of halogens is 3. The van der Waals surface area contributed by atoms with E-state index in [4.69, 9.17) is 39.9 Å². The van der Waals surface area contributed by atoms with Crippen LogP contribution in [0.15, 0.2) is 41.3 Å². The number of carbonyl (C=O) groups is 1. The number of amides is 1. The molecule has 2 rings (SSSR count). The molecule has 0 unspecified atom stereocenters. The molecule has 2 aromatic carbocycles. The predicted octanol–water partition coefficient (Wildman–Crippen LogP) is 3.87. The summed E-state index contributed by atoms with van der Waals surface area (Å²) in [6.07, 6.45) is 0.612. The first-order valence-corrected chi connectivity index (χ1v) is 9.41. The molecule has 9 heteroatoms. The van der Waals surface area contributed by atoms with Crippen molar-refractivity contribution in [3.63, 3.8) is 0 Å². The number of benzene rings is 2. The molecule has 0 fully saturated rings. The minimum absolute atomic E-state index is 0.0262. The molecule has 128 valence electrons. The van der Waals surface area contributed by atoms with Crippen LogP contribution in [0.2, 0.25) is 15.1 Å². The van der Waals surface area contributed by atoms with Gasteiger partial charge in [-0.3, -0.25) is 4.79 Å². The van der Waals surface area contributed by atoms with Crippen molar-refractivity contribution in [2.24, 2.45) is 5.14 Å². The topological polar surface area (TPSA) is 89.3 Å². The van der Waals surface area contributed by atoms with E-state index in [1.807, 2.05) is 0 Å². The van der Waals surface area contributed by atoms with E-state index in [2.05, 4.69) is 5.32 Å². The average Bonchev–Trinajstić information content (AvgIpc) is 2.50. The van der Waals surface area contributed by atoms with Gasteiger partial charge in [-0.15, -0.1) is 0 Å². The van der Waals surface area contributed by atoms with Gasteiger partial charge in [-0.2, -0.15) is 0 Å². The van der Waals surface area contributed by atoms with E-state index in [1.54, 1.807) is 12.1 Å². The van der Waals surface area contributed by atoms with Gasteiger partial charge in [0.15, 0.2) is 0 Å². The first-order chi connectivity index (χ1) is 11.2. The van der Waals surface area contributed by atoms with Crippen LogP contribution in [0.25, 0.3) is 0 Å². The van der Waals surface area contributed by atoms with Crippen LogP contribution in [0.1, 0.15) is 12.0 Å². The Hall–Kier alpha value is -1.31. The molecule has 2 aromatic rings. The number of aryl methyl sites for hydroxylation is 1. The normalized spacial score (nSPS) is 11.3. The lowest BCUT2D eigenvalue weighted by Crippen LogP contribution is -2.13. The van der Waals surface area contributed by atoms with Gasteiger partial charge in [-0.1, -0.05) is 46.9 Å². The fraction of sp³-hybridized carbons (Fsp3) is 0.133. The molecule has 0 saturated heterocycles. The van der Waals surface area contributed by atoms with Crippen LogP contribution in [-0.4, -0.2) is 14.3 Å². The summed E-state index contributed by atoms with van der Waals surface area (Å²) in [4.78, 5) is 12.0. The largest absolute Gasteiger partial charge is 0.325 e. The monoisotopic (exact) mass is 406 g/mol. The van der Waals surface area contributed by atoms with Crippen LogP contribution in [-0.2, 0) is 21.2 Å². The van der Waals surface area contributed by atoms with Crippen molar-refractivity contribution in [1.29, 1.82) is 0 Å². The molecule has 1 amide bonds. The van der Waals surface area contributed by atoms with Crippen molar-refractivity contribution in [3.8, 4) is 0 Å². The van der Waals surface area contributed by atoms with Crippen molar-refractivity contribution < 1.29 is 13.2 Å². The molecule has 0 bridgehead atoms. The molecule has 0 aromatic heterocycles. The molecule has 0 saturated carbocycles. The first kappa shape index (κ1) is 19.0. The van der Waals surface area contributed by atoms with Crippen LogP contribution < -0.4 is 10.5 Å². The number of nitrogens with one attached hydrogen (secondary N) is 1. The van der Waals surface area contributed by atoms with Crippen LogP contribution in [0, 0.1) is 0 Å². The first-order valence-electron chi connectivity index (χ1n) is 6.73. The summed E-state index contributed by atoms with van der Waals surface area (Å²) in [7, 11) is -3.72. The molecule has 0 aliphatic heterocycles. The molecule has 24 heavy (non-hydrogen) atoms. The molecule has 0 radical (unpaired) electrons. The molecule has 5 nitrogen and oxygen atoms in total. The highest BCUT2D eigenvalue weighted by Gasteiger charge is 2.10. The maximum atomic E-state index is 12.0. The summed E-state index contributed by atoms with van der Waals surface area (Å²) in [5.74, 6) is -0.259. The lowest BCUT2D eigenvalue weighted by molar-refractivity contribution is -0.116. The summed E-state index contributed by atoms with van der Waals surface area (Å²) in [5, 5.41) is 8.56. The summed E-state index contributed by atoms with van der Waals surface area (Å²) in [6, 6.07) is 8.95. The quantitative estimate of drug-likeness (QED) is 0.737. The van der Waals surface area contributed by atoms with Gasteiger partial charge in [0.1, 0.15) is 0 Å². The molecule has 0 spiro atoms. The second-order valence-electron chi connectivity index (χ2n) is 4.98. The number of anilines is 1. The zero-order valence-corrected chi connectivity index (χ0v) is 15.3. The second kappa shape index (κ2) is 7.72. The Balaban J connectivity index is 1.97. The summed E-state index contributed by atoms with van der Waals surface area (Å²) >= 11 is 17.7. The minimum atomic E-state index is -3.72. The van der Waals surface area contributed by atoms with Crippen LogP contribution >= 0.6 is 34.8 Å². The number of hydrogen-bond acceptors (Lipinski definition) is 3. The predicted molar refractivity (Wildman–Crippen MR) is 96.2 cm³/mol. The highest BCUT2D eigenvalue weighted by atomic mass is 35.5. The van der Waals surface area contributed by atoms with Gasteiger partial charge in [0, 0.05) is 6.42 Å². The van der Waals surface area contributed by atoms with E-state index >= 15 is 0 Å². The highest BCUT2D eigenvalue weighted by molar-refractivity contribution is 7.89. The molecule has 0 heterocycles. The third kappa shape index (κ3) is 5.09. The van der Waals surface area contributed by atoms with Crippen molar-refractivity contribution in [3.05, 3.63) is 57.0 Å². The van der Waals surface area contributed by atoms with Gasteiger partial charge in [0.2, 0.25) is 15.9 Å². The Morgan fingerprint density at radius 3 is 2.17 bits per heavy atom. The van der Waals surface area contributed by atoms with Crippen LogP contribution in [0.5, 0.6) is 0 Å². The van der Waals surface area contributed by atoms with Gasteiger partial charge in [0.05, 0.1) is 25.7 Å². The third-order valence-corrected chi connectivity index (χ3v) is 5.14. The molecule has 3 N–H and O–H groups in total. The maximum Gasteiger partial charge on any atom is 0.238 e. The summed E-state index contributed by atoms with van der Waals surface area (Å²) in [5.41, 5.74) is 1.18. The Morgan fingerprint density at radius 2 is 1.58 bits per heavy atom. The van der Waals surface area contributed by atoms with E-state index in [0.29, 0.717) is 17.1 Å². The summed E-state index contributed by atoms with van der Waals surface area (Å²) < 4.78 is 22.4. The van der Waals surface area contributed by atoms with E-state index in [1.165, 1.54) is 24.3 Å². The third-order valence-electron chi connectivity index (χ3n) is 3.18. The standard InChI is InChI=1S/C15H13Cl3N2O3S/c16-11-7-13(18)14(8-12(11)17)20-15(21)6-3-9-1-4-10(5-2-9)24(19,22)23/h1-2,4-5,7-8H,3,6H2,(H,20,21)(H2,19,22,23). The maximum absolute atomic E-state index is 12.0. The van der Waals surface area contributed by atoms with E-state index in [-0.39, 0.29) is 27.3 Å². The van der Waals surface area contributed by atoms with Crippen molar-refractivity contribution in [2.75, 3.05) is 5.32 Å². The SMILES string of the molecule is NS(=O)(=O)c1ccc(CCC(=O)Nc2cc(Cl)c(Cl)cc2Cl)cc1. The number of nitrogens with two attached hydrogens (primary N) is 1. The van der Waals surface area contributed by atoms with Crippen molar-refractivity contribution in [1.82, 2.24) is 0 Å².